The summed E-state index contributed by atoms with van der Waals surface area (Å²) in [6.07, 6.45) is 0.476. The summed E-state index contributed by atoms with van der Waals surface area (Å²) in [7, 11) is 0. The number of carbonyl (C=O) groups is 4. The lowest BCUT2D eigenvalue weighted by Gasteiger charge is -2.17. The van der Waals surface area contributed by atoms with E-state index in [2.05, 4.69) is 5.32 Å². The van der Waals surface area contributed by atoms with Crippen LogP contribution in [0, 0.1) is 5.92 Å². The van der Waals surface area contributed by atoms with Crippen LogP contribution in [0.25, 0.3) is 0 Å². The van der Waals surface area contributed by atoms with Gasteiger partial charge in [-0.3, -0.25) is 19.2 Å². The number of hydrogen-bond acceptors (Lipinski definition) is 6. The average molecular weight is 398 g/mol. The zero-order chi connectivity index (χ0) is 21.0. The van der Waals surface area contributed by atoms with Gasteiger partial charge in [0.1, 0.15) is 5.76 Å². The molecule has 2 atom stereocenters. The molecule has 152 valence electrons. The minimum atomic E-state index is -1.07. The van der Waals surface area contributed by atoms with Gasteiger partial charge in [-0.15, -0.1) is 0 Å². The van der Waals surface area contributed by atoms with Gasteiger partial charge in [-0.1, -0.05) is 12.1 Å². The highest BCUT2D eigenvalue weighted by atomic mass is 16.5. The molecule has 0 spiro atoms. The molecule has 3 rings (SSSR count). The number of nitrogens with zero attached hydrogens (tertiary/aromatic N) is 1. The number of anilines is 1. The van der Waals surface area contributed by atoms with Crippen LogP contribution in [0.1, 0.15) is 36.4 Å². The summed E-state index contributed by atoms with van der Waals surface area (Å²) in [5.74, 6) is -1.53. The molecule has 1 N–H and O–H groups in total. The molecule has 1 aliphatic heterocycles. The monoisotopic (exact) mass is 398 g/mol. The fourth-order valence-electron chi connectivity index (χ4n) is 3.13. The maximum absolute atomic E-state index is 12.4. The van der Waals surface area contributed by atoms with E-state index >= 15 is 0 Å². The third-order valence-corrected chi connectivity index (χ3v) is 4.70. The predicted molar refractivity (Wildman–Crippen MR) is 103 cm³/mol. The molecular formula is C21H22N2O6. The maximum atomic E-state index is 12.4. The number of ether oxygens (including phenoxy) is 1. The van der Waals surface area contributed by atoms with Crippen molar-refractivity contribution >= 4 is 29.3 Å². The van der Waals surface area contributed by atoms with Crippen molar-refractivity contribution in [2.45, 2.75) is 32.9 Å². The third kappa shape index (κ3) is 4.90. The number of esters is 1. The second-order valence-corrected chi connectivity index (χ2v) is 6.92. The van der Waals surface area contributed by atoms with E-state index in [-0.39, 0.29) is 31.2 Å². The molecule has 2 heterocycles. The maximum Gasteiger partial charge on any atom is 0.312 e. The molecule has 29 heavy (non-hydrogen) atoms. The van der Waals surface area contributed by atoms with Crippen molar-refractivity contribution in [2.24, 2.45) is 5.92 Å². The van der Waals surface area contributed by atoms with E-state index in [0.29, 0.717) is 17.0 Å². The summed E-state index contributed by atoms with van der Waals surface area (Å²) in [5.41, 5.74) is 0.725. The van der Waals surface area contributed by atoms with Gasteiger partial charge in [0.05, 0.1) is 24.4 Å². The summed E-state index contributed by atoms with van der Waals surface area (Å²) in [6.45, 7) is 3.34. The lowest BCUT2D eigenvalue weighted by molar-refractivity contribution is -0.157. The minimum Gasteiger partial charge on any atom is -0.467 e. The number of nitrogens with one attached hydrogen (secondary N) is 1. The first-order valence-corrected chi connectivity index (χ1v) is 9.26. The third-order valence-electron chi connectivity index (χ3n) is 4.70. The van der Waals surface area contributed by atoms with E-state index < -0.39 is 23.9 Å². The first-order chi connectivity index (χ1) is 13.8. The fourth-order valence-corrected chi connectivity index (χ4v) is 3.13. The smallest absolute Gasteiger partial charge is 0.312 e. The Labute approximate surface area is 167 Å². The summed E-state index contributed by atoms with van der Waals surface area (Å²) < 4.78 is 10.5. The Morgan fingerprint density at radius 3 is 2.69 bits per heavy atom. The predicted octanol–water partition coefficient (Wildman–Crippen LogP) is 2.40. The number of benzene rings is 1. The summed E-state index contributed by atoms with van der Waals surface area (Å²) >= 11 is 0. The fraction of sp³-hybridized carbons (Fsp3) is 0.333. The van der Waals surface area contributed by atoms with Gasteiger partial charge >= 0.3 is 5.97 Å². The number of para-hydroxylation sites is 1. The van der Waals surface area contributed by atoms with Gasteiger partial charge in [0.2, 0.25) is 5.91 Å². The zero-order valence-corrected chi connectivity index (χ0v) is 16.2. The number of rotatable bonds is 7. The van der Waals surface area contributed by atoms with Crippen molar-refractivity contribution in [3.8, 4) is 0 Å². The highest BCUT2D eigenvalue weighted by molar-refractivity contribution is 6.04. The SMILES string of the molecule is CC(=O)c1ccccc1NC(=O)[C@@H](C)OC(=O)[C@@H]1CC(=O)N(Cc2ccco2)C1. The highest BCUT2D eigenvalue weighted by Crippen LogP contribution is 2.22. The summed E-state index contributed by atoms with van der Waals surface area (Å²) in [4.78, 5) is 50.1. The van der Waals surface area contributed by atoms with Crippen LogP contribution < -0.4 is 5.32 Å². The van der Waals surface area contributed by atoms with Crippen molar-refractivity contribution in [3.63, 3.8) is 0 Å². The topological polar surface area (TPSA) is 106 Å². The van der Waals surface area contributed by atoms with Crippen LogP contribution >= 0.6 is 0 Å². The summed E-state index contributed by atoms with van der Waals surface area (Å²) in [6, 6.07) is 10.1. The number of hydrogen-bond donors (Lipinski definition) is 1. The summed E-state index contributed by atoms with van der Waals surface area (Å²) in [5, 5.41) is 2.61. The van der Waals surface area contributed by atoms with Crippen molar-refractivity contribution in [2.75, 3.05) is 11.9 Å². The van der Waals surface area contributed by atoms with Gasteiger partial charge in [-0.2, -0.15) is 0 Å². The molecule has 0 aliphatic carbocycles. The van der Waals surface area contributed by atoms with E-state index in [0.717, 1.165) is 0 Å². The second-order valence-electron chi connectivity index (χ2n) is 6.92. The van der Waals surface area contributed by atoms with E-state index in [9.17, 15) is 19.2 Å². The van der Waals surface area contributed by atoms with E-state index in [1.165, 1.54) is 25.0 Å². The Bertz CT molecular complexity index is 921. The average Bonchev–Trinajstić information content (AvgIpc) is 3.32. The number of likely N-dealkylation sites (tertiary alicyclic amines) is 1. The van der Waals surface area contributed by atoms with Crippen LogP contribution in [0.3, 0.4) is 0 Å². The normalized spacial score (nSPS) is 17.1. The largest absolute Gasteiger partial charge is 0.467 e. The van der Waals surface area contributed by atoms with Gasteiger partial charge in [-0.25, -0.2) is 0 Å². The van der Waals surface area contributed by atoms with Crippen LogP contribution in [-0.4, -0.2) is 41.1 Å². The molecule has 1 fully saturated rings. The zero-order valence-electron chi connectivity index (χ0n) is 16.2. The standard InChI is InChI=1S/C21H22N2O6/c1-13(24)17-7-3-4-8-18(17)22-20(26)14(2)29-21(27)15-10-19(25)23(11-15)12-16-6-5-9-28-16/h3-9,14-15H,10-12H2,1-2H3,(H,22,26)/t14-,15-/m1/s1. The molecule has 1 saturated heterocycles. The molecule has 2 aromatic rings. The van der Waals surface area contributed by atoms with Gasteiger partial charge in [0, 0.05) is 18.5 Å². The van der Waals surface area contributed by atoms with Gasteiger partial charge in [0.15, 0.2) is 11.9 Å². The van der Waals surface area contributed by atoms with Crippen molar-refractivity contribution in [3.05, 3.63) is 54.0 Å². The molecule has 0 bridgehead atoms. The molecule has 1 aliphatic rings. The van der Waals surface area contributed by atoms with Crippen molar-refractivity contribution in [1.29, 1.82) is 0 Å². The first kappa shape index (κ1) is 20.3. The Morgan fingerprint density at radius 2 is 2.00 bits per heavy atom. The Morgan fingerprint density at radius 1 is 1.24 bits per heavy atom. The van der Waals surface area contributed by atoms with Crippen molar-refractivity contribution in [1.82, 2.24) is 4.90 Å². The van der Waals surface area contributed by atoms with Crippen LogP contribution in [0.5, 0.6) is 0 Å². The molecule has 0 radical (unpaired) electrons. The van der Waals surface area contributed by atoms with E-state index in [1.807, 2.05) is 0 Å². The molecule has 0 unspecified atom stereocenters. The van der Waals surface area contributed by atoms with Crippen molar-refractivity contribution < 1.29 is 28.3 Å². The van der Waals surface area contributed by atoms with Crippen LogP contribution in [0.4, 0.5) is 5.69 Å². The van der Waals surface area contributed by atoms with E-state index in [4.69, 9.17) is 9.15 Å². The molecule has 8 heteroatoms. The molecule has 1 aromatic heterocycles. The number of ketones is 1. The highest BCUT2D eigenvalue weighted by Gasteiger charge is 2.37. The Hall–Kier alpha value is -3.42. The quantitative estimate of drug-likeness (QED) is 0.567. The molecule has 8 nitrogen and oxygen atoms in total. The van der Waals surface area contributed by atoms with Gasteiger partial charge in [0.25, 0.3) is 5.91 Å². The number of carbonyl (C=O) groups excluding carboxylic acids is 4. The number of Topliss-reactive ketones (excluding diaryl/α,β-unsaturated/α-hetero) is 1. The molecule has 0 saturated carbocycles. The molecule has 1 aromatic carbocycles. The number of furan rings is 1. The van der Waals surface area contributed by atoms with E-state index in [1.54, 1.807) is 36.4 Å². The van der Waals surface area contributed by atoms with Gasteiger partial charge < -0.3 is 19.4 Å². The lowest BCUT2D eigenvalue weighted by atomic mass is 10.1. The minimum absolute atomic E-state index is 0.0288. The molecule has 2 amide bonds. The van der Waals surface area contributed by atoms with Crippen LogP contribution in [-0.2, 0) is 25.7 Å². The van der Waals surface area contributed by atoms with Crippen LogP contribution in [0.15, 0.2) is 47.1 Å². The first-order valence-electron chi connectivity index (χ1n) is 9.26. The molecular weight excluding hydrogens is 376 g/mol. The Kier molecular flexibility index (Phi) is 6.11. The Balaban J connectivity index is 1.55. The lowest BCUT2D eigenvalue weighted by Crippen LogP contribution is -2.33. The van der Waals surface area contributed by atoms with Crippen LogP contribution in [0.2, 0.25) is 0 Å². The second kappa shape index (κ2) is 8.72. The number of amides is 2. The van der Waals surface area contributed by atoms with Gasteiger partial charge in [-0.05, 0) is 38.1 Å².